The molecule has 7 heteroatoms. The third-order valence-corrected chi connectivity index (χ3v) is 5.40. The molecule has 0 aliphatic carbocycles. The quantitative estimate of drug-likeness (QED) is 0.777. The number of hydrogen-bond acceptors (Lipinski definition) is 6. The summed E-state index contributed by atoms with van der Waals surface area (Å²) in [7, 11) is -1.05. The lowest BCUT2D eigenvalue weighted by Crippen LogP contribution is -2.32. The van der Waals surface area contributed by atoms with E-state index in [-0.39, 0.29) is 17.5 Å². The molecule has 16 heavy (non-hydrogen) atoms. The van der Waals surface area contributed by atoms with Gasteiger partial charge in [-0.2, -0.15) is 5.26 Å². The van der Waals surface area contributed by atoms with E-state index in [1.807, 2.05) is 18.0 Å². The smallest absolute Gasteiger partial charge is 0.186 e. The van der Waals surface area contributed by atoms with Crippen molar-refractivity contribution in [1.29, 1.82) is 5.26 Å². The van der Waals surface area contributed by atoms with Crippen LogP contribution in [0.1, 0.15) is 11.3 Å². The van der Waals surface area contributed by atoms with Crippen LogP contribution < -0.4 is 4.90 Å². The van der Waals surface area contributed by atoms with Crippen molar-refractivity contribution in [2.24, 2.45) is 0 Å². The SMILES string of the molecule is CN(c1ncc(C#N)s1)C1CCS(=O)(=O)C1. The Morgan fingerprint density at radius 1 is 1.69 bits per heavy atom. The number of aromatic nitrogens is 1. The van der Waals surface area contributed by atoms with Gasteiger partial charge in [-0.05, 0) is 6.42 Å². The van der Waals surface area contributed by atoms with Crippen LogP contribution >= 0.6 is 11.3 Å². The molecule has 86 valence electrons. The Bertz CT molecular complexity index is 529. The van der Waals surface area contributed by atoms with Crippen LogP contribution in [0.15, 0.2) is 6.20 Å². The average molecular weight is 257 g/mol. The number of nitrogens with zero attached hydrogens (tertiary/aromatic N) is 3. The second kappa shape index (κ2) is 4.03. The van der Waals surface area contributed by atoms with E-state index in [0.29, 0.717) is 16.4 Å². The molecule has 0 saturated carbocycles. The van der Waals surface area contributed by atoms with Gasteiger partial charge in [0.2, 0.25) is 0 Å². The molecular formula is C9H11N3O2S2. The maximum Gasteiger partial charge on any atom is 0.186 e. The summed E-state index contributed by atoms with van der Waals surface area (Å²) >= 11 is 1.29. The van der Waals surface area contributed by atoms with E-state index in [1.54, 1.807) is 0 Å². The van der Waals surface area contributed by atoms with Crippen molar-refractivity contribution in [2.45, 2.75) is 12.5 Å². The highest BCUT2D eigenvalue weighted by molar-refractivity contribution is 7.91. The molecule has 1 aliphatic rings. The zero-order chi connectivity index (χ0) is 11.8. The van der Waals surface area contributed by atoms with Crippen molar-refractivity contribution < 1.29 is 8.42 Å². The minimum Gasteiger partial charge on any atom is -0.347 e. The molecule has 0 bridgehead atoms. The minimum absolute atomic E-state index is 0.0114. The van der Waals surface area contributed by atoms with Gasteiger partial charge in [0.1, 0.15) is 10.9 Å². The monoisotopic (exact) mass is 257 g/mol. The topological polar surface area (TPSA) is 74.1 Å². The number of hydrogen-bond donors (Lipinski definition) is 0. The number of thiazole rings is 1. The first-order valence-electron chi connectivity index (χ1n) is 4.81. The molecule has 1 saturated heterocycles. The normalized spacial score (nSPS) is 22.9. The summed E-state index contributed by atoms with van der Waals surface area (Å²) in [6, 6.07) is 2.01. The van der Waals surface area contributed by atoms with Crippen LogP contribution in [0.5, 0.6) is 0 Å². The van der Waals surface area contributed by atoms with Gasteiger partial charge in [0.15, 0.2) is 15.0 Å². The van der Waals surface area contributed by atoms with Crippen LogP contribution in [0.2, 0.25) is 0 Å². The summed E-state index contributed by atoms with van der Waals surface area (Å²) < 4.78 is 22.7. The summed E-state index contributed by atoms with van der Waals surface area (Å²) in [6.45, 7) is 0. The summed E-state index contributed by atoms with van der Waals surface area (Å²) in [5.74, 6) is 0.434. The highest BCUT2D eigenvalue weighted by Gasteiger charge is 2.31. The van der Waals surface area contributed by atoms with E-state index in [0.717, 1.165) is 0 Å². The molecule has 0 amide bonds. The number of nitriles is 1. The predicted molar refractivity (Wildman–Crippen MR) is 62.3 cm³/mol. The average Bonchev–Trinajstić information content (AvgIpc) is 2.83. The van der Waals surface area contributed by atoms with Crippen molar-refractivity contribution in [3.05, 3.63) is 11.1 Å². The lowest BCUT2D eigenvalue weighted by Gasteiger charge is -2.22. The molecule has 5 nitrogen and oxygen atoms in total. The van der Waals surface area contributed by atoms with Gasteiger partial charge in [0, 0.05) is 13.1 Å². The number of sulfone groups is 1. The van der Waals surface area contributed by atoms with E-state index in [4.69, 9.17) is 5.26 Å². The van der Waals surface area contributed by atoms with Crippen molar-refractivity contribution in [3.8, 4) is 6.07 Å². The standard InChI is InChI=1S/C9H11N3O2S2/c1-12(7-2-3-16(13,14)6-7)9-11-5-8(4-10)15-9/h5,7H,2-3,6H2,1H3. The predicted octanol–water partition coefficient (Wildman–Crippen LogP) is 0.638. The van der Waals surface area contributed by atoms with Gasteiger partial charge >= 0.3 is 0 Å². The summed E-state index contributed by atoms with van der Waals surface area (Å²) in [6.07, 6.45) is 2.15. The first-order valence-corrected chi connectivity index (χ1v) is 7.45. The largest absolute Gasteiger partial charge is 0.347 e. The van der Waals surface area contributed by atoms with Gasteiger partial charge in [-0.3, -0.25) is 0 Å². The molecule has 2 heterocycles. The molecular weight excluding hydrogens is 246 g/mol. The molecule has 0 spiro atoms. The van der Waals surface area contributed by atoms with Crippen LogP contribution in [0.3, 0.4) is 0 Å². The van der Waals surface area contributed by atoms with Crippen molar-refractivity contribution in [2.75, 3.05) is 23.5 Å². The van der Waals surface area contributed by atoms with Gasteiger partial charge in [-0.25, -0.2) is 13.4 Å². The Morgan fingerprint density at radius 3 is 2.94 bits per heavy atom. The zero-order valence-electron chi connectivity index (χ0n) is 8.75. The first kappa shape index (κ1) is 11.4. The van der Waals surface area contributed by atoms with Crippen LogP contribution in [0.4, 0.5) is 5.13 Å². The van der Waals surface area contributed by atoms with E-state index in [9.17, 15) is 8.42 Å². The molecule has 0 radical (unpaired) electrons. The second-order valence-electron chi connectivity index (χ2n) is 3.79. The van der Waals surface area contributed by atoms with E-state index in [1.165, 1.54) is 17.5 Å². The fraction of sp³-hybridized carbons (Fsp3) is 0.556. The number of rotatable bonds is 2. The Kier molecular flexibility index (Phi) is 2.86. The fourth-order valence-electron chi connectivity index (χ4n) is 1.72. The van der Waals surface area contributed by atoms with Crippen LogP contribution in [-0.2, 0) is 9.84 Å². The first-order chi connectivity index (χ1) is 7.52. The van der Waals surface area contributed by atoms with E-state index >= 15 is 0 Å². The second-order valence-corrected chi connectivity index (χ2v) is 7.02. The van der Waals surface area contributed by atoms with Gasteiger partial charge in [0.25, 0.3) is 0 Å². The Balaban J connectivity index is 2.14. The third kappa shape index (κ3) is 2.18. The molecule has 1 fully saturated rings. The third-order valence-electron chi connectivity index (χ3n) is 2.66. The molecule has 1 aromatic heterocycles. The van der Waals surface area contributed by atoms with Gasteiger partial charge < -0.3 is 4.90 Å². The lowest BCUT2D eigenvalue weighted by atomic mass is 10.2. The van der Waals surface area contributed by atoms with Crippen LogP contribution in [-0.4, -0.2) is 38.0 Å². The summed E-state index contributed by atoms with van der Waals surface area (Å²) in [5.41, 5.74) is 0. The molecule has 0 aromatic carbocycles. The van der Waals surface area contributed by atoms with Gasteiger partial charge in [-0.15, -0.1) is 0 Å². The summed E-state index contributed by atoms with van der Waals surface area (Å²) in [4.78, 5) is 6.51. The zero-order valence-corrected chi connectivity index (χ0v) is 10.4. The molecule has 2 rings (SSSR count). The highest BCUT2D eigenvalue weighted by Crippen LogP contribution is 2.26. The summed E-state index contributed by atoms with van der Waals surface area (Å²) in [5, 5.41) is 9.39. The van der Waals surface area contributed by atoms with Gasteiger partial charge in [0.05, 0.1) is 17.7 Å². The van der Waals surface area contributed by atoms with Crippen LogP contribution in [0, 0.1) is 11.3 Å². The Morgan fingerprint density at radius 2 is 2.44 bits per heavy atom. The van der Waals surface area contributed by atoms with Crippen molar-refractivity contribution in [3.63, 3.8) is 0 Å². The van der Waals surface area contributed by atoms with Gasteiger partial charge in [-0.1, -0.05) is 11.3 Å². The maximum absolute atomic E-state index is 11.3. The van der Waals surface area contributed by atoms with E-state index in [2.05, 4.69) is 4.98 Å². The lowest BCUT2D eigenvalue weighted by molar-refractivity contribution is 0.601. The molecule has 1 aromatic rings. The Labute approximate surface area is 98.3 Å². The highest BCUT2D eigenvalue weighted by atomic mass is 32.2. The fourth-order valence-corrected chi connectivity index (χ4v) is 4.24. The van der Waals surface area contributed by atoms with E-state index < -0.39 is 9.84 Å². The molecule has 1 unspecified atom stereocenters. The maximum atomic E-state index is 11.3. The molecule has 0 N–H and O–H groups in total. The minimum atomic E-state index is -2.88. The van der Waals surface area contributed by atoms with Crippen LogP contribution in [0.25, 0.3) is 0 Å². The number of anilines is 1. The Hall–Kier alpha value is -1.13. The molecule has 1 atom stereocenters. The van der Waals surface area contributed by atoms with Crippen molar-refractivity contribution >= 4 is 26.3 Å². The molecule has 1 aliphatic heterocycles. The van der Waals surface area contributed by atoms with Crippen molar-refractivity contribution in [1.82, 2.24) is 4.98 Å².